The van der Waals surface area contributed by atoms with Crippen LogP contribution in [0.15, 0.2) is 0 Å². The third-order valence-electron chi connectivity index (χ3n) is 2.17. The molecule has 0 heterocycles. The van der Waals surface area contributed by atoms with E-state index in [0.717, 1.165) is 6.42 Å². The van der Waals surface area contributed by atoms with Crippen molar-refractivity contribution in [2.24, 2.45) is 17.4 Å². The van der Waals surface area contributed by atoms with Crippen LogP contribution in [-0.2, 0) is 9.53 Å². The molecule has 1 amide bonds. The smallest absolute Gasteiger partial charge is 0.237 e. The molecule has 0 rings (SSSR count). The van der Waals surface area contributed by atoms with Crippen molar-refractivity contribution in [2.45, 2.75) is 39.2 Å². The van der Waals surface area contributed by atoms with Gasteiger partial charge in [0.25, 0.3) is 0 Å². The first kappa shape index (κ1) is 13.4. The van der Waals surface area contributed by atoms with E-state index in [1.165, 1.54) is 0 Å². The lowest BCUT2D eigenvalue weighted by molar-refractivity contribution is -0.123. The summed E-state index contributed by atoms with van der Waals surface area (Å²) in [5, 5.41) is 0. The van der Waals surface area contributed by atoms with Crippen LogP contribution in [-0.4, -0.2) is 24.7 Å². The van der Waals surface area contributed by atoms with Gasteiger partial charge in [-0.1, -0.05) is 13.8 Å². The van der Waals surface area contributed by atoms with E-state index in [9.17, 15) is 4.79 Å². The molecule has 14 heavy (non-hydrogen) atoms. The number of hydrogen-bond donors (Lipinski definition) is 2. The number of carbonyl (C=O) groups excluding carboxylic acids is 1. The second-order valence-corrected chi connectivity index (χ2v) is 4.33. The van der Waals surface area contributed by atoms with Crippen molar-refractivity contribution in [3.63, 3.8) is 0 Å². The van der Waals surface area contributed by atoms with Gasteiger partial charge in [-0.2, -0.15) is 0 Å². The highest BCUT2D eigenvalue weighted by atomic mass is 16.5. The quantitative estimate of drug-likeness (QED) is 0.595. The Morgan fingerprint density at radius 1 is 1.43 bits per heavy atom. The zero-order valence-electron chi connectivity index (χ0n) is 9.38. The average Bonchev–Trinajstić information content (AvgIpc) is 2.02. The number of carbonyl (C=O) groups is 1. The fourth-order valence-electron chi connectivity index (χ4n) is 0.828. The predicted molar refractivity (Wildman–Crippen MR) is 56.7 cm³/mol. The third kappa shape index (κ3) is 5.94. The lowest BCUT2D eigenvalue weighted by Crippen LogP contribution is -2.50. The first-order valence-corrected chi connectivity index (χ1v) is 5.03. The Hall–Kier alpha value is -0.610. The standard InChI is InChI=1S/C10H22N2O2/c1-8(2)4-6-14-7-5-10(3,12)9(11)13/h8H,4-7,12H2,1-3H3,(H2,11,13). The van der Waals surface area contributed by atoms with Crippen molar-refractivity contribution in [2.75, 3.05) is 13.2 Å². The summed E-state index contributed by atoms with van der Waals surface area (Å²) < 4.78 is 5.34. The third-order valence-corrected chi connectivity index (χ3v) is 2.17. The summed E-state index contributed by atoms with van der Waals surface area (Å²) in [5.41, 5.74) is 9.81. The van der Waals surface area contributed by atoms with Crippen LogP contribution in [0.3, 0.4) is 0 Å². The van der Waals surface area contributed by atoms with Crippen molar-refractivity contribution in [1.29, 1.82) is 0 Å². The summed E-state index contributed by atoms with van der Waals surface area (Å²) in [5.74, 6) is 0.153. The summed E-state index contributed by atoms with van der Waals surface area (Å²) in [6.45, 7) is 7.11. The molecule has 1 atom stereocenters. The van der Waals surface area contributed by atoms with Gasteiger partial charge < -0.3 is 16.2 Å². The second kappa shape index (κ2) is 5.98. The van der Waals surface area contributed by atoms with Crippen LogP contribution < -0.4 is 11.5 Å². The number of hydrogen-bond acceptors (Lipinski definition) is 3. The highest BCUT2D eigenvalue weighted by molar-refractivity contribution is 5.83. The van der Waals surface area contributed by atoms with E-state index in [-0.39, 0.29) is 0 Å². The van der Waals surface area contributed by atoms with Gasteiger partial charge >= 0.3 is 0 Å². The van der Waals surface area contributed by atoms with Crippen molar-refractivity contribution in [3.05, 3.63) is 0 Å². The van der Waals surface area contributed by atoms with Gasteiger partial charge in [-0.3, -0.25) is 4.79 Å². The fourth-order valence-corrected chi connectivity index (χ4v) is 0.828. The molecule has 0 spiro atoms. The predicted octanol–water partition coefficient (Wildman–Crippen LogP) is 0.642. The van der Waals surface area contributed by atoms with Crippen LogP contribution in [0.1, 0.15) is 33.6 Å². The Labute approximate surface area is 86.0 Å². The molecule has 0 aliphatic rings. The maximum atomic E-state index is 10.8. The molecule has 4 nitrogen and oxygen atoms in total. The fraction of sp³-hybridized carbons (Fsp3) is 0.900. The Bertz CT molecular complexity index is 179. The Morgan fingerprint density at radius 3 is 2.43 bits per heavy atom. The van der Waals surface area contributed by atoms with Crippen molar-refractivity contribution in [3.8, 4) is 0 Å². The molecule has 0 aromatic rings. The summed E-state index contributed by atoms with van der Waals surface area (Å²) in [7, 11) is 0. The molecule has 0 radical (unpaired) electrons. The SMILES string of the molecule is CC(C)CCOCCC(C)(N)C(N)=O. The molecule has 84 valence electrons. The monoisotopic (exact) mass is 202 g/mol. The number of nitrogens with two attached hydrogens (primary N) is 2. The van der Waals surface area contributed by atoms with Gasteiger partial charge in [-0.15, -0.1) is 0 Å². The van der Waals surface area contributed by atoms with Crippen molar-refractivity contribution >= 4 is 5.91 Å². The van der Waals surface area contributed by atoms with E-state index >= 15 is 0 Å². The minimum Gasteiger partial charge on any atom is -0.381 e. The molecule has 0 aliphatic heterocycles. The molecule has 4 heteroatoms. The van der Waals surface area contributed by atoms with Gasteiger partial charge in [0, 0.05) is 13.2 Å². The molecular weight excluding hydrogens is 180 g/mol. The van der Waals surface area contributed by atoms with Gasteiger partial charge in [-0.25, -0.2) is 0 Å². The summed E-state index contributed by atoms with van der Waals surface area (Å²) in [4.78, 5) is 10.8. The van der Waals surface area contributed by atoms with Crippen LogP contribution in [0.2, 0.25) is 0 Å². The van der Waals surface area contributed by atoms with Gasteiger partial charge in [0.15, 0.2) is 0 Å². The zero-order valence-corrected chi connectivity index (χ0v) is 9.38. The normalized spacial score (nSPS) is 15.5. The van der Waals surface area contributed by atoms with Crippen LogP contribution in [0.5, 0.6) is 0 Å². The number of primary amides is 1. The number of amides is 1. The topological polar surface area (TPSA) is 78.3 Å². The average molecular weight is 202 g/mol. The molecule has 0 aromatic carbocycles. The summed E-state index contributed by atoms with van der Waals surface area (Å²) in [6, 6.07) is 0. The van der Waals surface area contributed by atoms with E-state index < -0.39 is 11.4 Å². The Morgan fingerprint density at radius 2 is 2.00 bits per heavy atom. The largest absolute Gasteiger partial charge is 0.381 e. The van der Waals surface area contributed by atoms with Crippen LogP contribution >= 0.6 is 0 Å². The second-order valence-electron chi connectivity index (χ2n) is 4.33. The number of rotatable bonds is 7. The van der Waals surface area contributed by atoms with E-state index in [2.05, 4.69) is 13.8 Å². The Kier molecular flexibility index (Phi) is 5.72. The first-order valence-electron chi connectivity index (χ1n) is 5.03. The highest BCUT2D eigenvalue weighted by Gasteiger charge is 2.24. The van der Waals surface area contributed by atoms with E-state index in [1.807, 2.05) is 0 Å². The van der Waals surface area contributed by atoms with E-state index in [0.29, 0.717) is 25.6 Å². The zero-order chi connectivity index (χ0) is 11.2. The van der Waals surface area contributed by atoms with Gasteiger partial charge in [0.1, 0.15) is 0 Å². The molecule has 0 fully saturated rings. The molecule has 0 saturated heterocycles. The van der Waals surface area contributed by atoms with Gasteiger partial charge in [0.05, 0.1) is 5.54 Å². The molecule has 4 N–H and O–H groups in total. The molecule has 0 bridgehead atoms. The Balaban J connectivity index is 3.49. The molecular formula is C10H22N2O2. The van der Waals surface area contributed by atoms with Crippen LogP contribution in [0.25, 0.3) is 0 Å². The van der Waals surface area contributed by atoms with Crippen molar-refractivity contribution in [1.82, 2.24) is 0 Å². The first-order chi connectivity index (χ1) is 6.36. The molecule has 0 aromatic heterocycles. The van der Waals surface area contributed by atoms with E-state index in [4.69, 9.17) is 16.2 Å². The maximum absolute atomic E-state index is 10.8. The number of ether oxygens (including phenoxy) is 1. The lowest BCUT2D eigenvalue weighted by Gasteiger charge is -2.20. The summed E-state index contributed by atoms with van der Waals surface area (Å²) in [6.07, 6.45) is 1.50. The van der Waals surface area contributed by atoms with Gasteiger partial charge in [-0.05, 0) is 25.7 Å². The maximum Gasteiger partial charge on any atom is 0.237 e. The molecule has 0 saturated carbocycles. The van der Waals surface area contributed by atoms with Crippen LogP contribution in [0.4, 0.5) is 0 Å². The minimum absolute atomic E-state index is 0.473. The lowest BCUT2D eigenvalue weighted by atomic mass is 9.99. The van der Waals surface area contributed by atoms with Gasteiger partial charge in [0.2, 0.25) is 5.91 Å². The summed E-state index contributed by atoms with van der Waals surface area (Å²) >= 11 is 0. The molecule has 1 unspecified atom stereocenters. The highest BCUT2D eigenvalue weighted by Crippen LogP contribution is 2.05. The van der Waals surface area contributed by atoms with E-state index in [1.54, 1.807) is 6.92 Å². The van der Waals surface area contributed by atoms with Crippen molar-refractivity contribution < 1.29 is 9.53 Å². The van der Waals surface area contributed by atoms with Crippen LogP contribution in [0, 0.1) is 5.92 Å². The molecule has 0 aliphatic carbocycles. The minimum atomic E-state index is -0.947.